The fraction of sp³-hybridized carbons (Fsp3) is 0.538. The molecule has 1 aromatic rings. The molecular formula is C13H17NO3. The standard InChI is InChI=1S/C13H17NO3/c1-4-17-13(16)12-9-5-7(2)6-10(15)11(9)8(3)14-12/h7,14H,4-6H2,1-3H3. The third kappa shape index (κ3) is 1.99. The van der Waals surface area contributed by atoms with Gasteiger partial charge in [-0.3, -0.25) is 4.79 Å². The van der Waals surface area contributed by atoms with Crippen molar-refractivity contribution in [3.8, 4) is 0 Å². The molecule has 2 rings (SSSR count). The first-order chi connectivity index (χ1) is 8.04. The molecular weight excluding hydrogens is 218 g/mol. The number of aromatic nitrogens is 1. The molecule has 1 aliphatic rings. The van der Waals surface area contributed by atoms with Crippen LogP contribution in [0.15, 0.2) is 0 Å². The van der Waals surface area contributed by atoms with Gasteiger partial charge in [0.2, 0.25) is 0 Å². The molecule has 0 saturated heterocycles. The molecule has 0 radical (unpaired) electrons. The normalized spacial score (nSPS) is 19.0. The summed E-state index contributed by atoms with van der Waals surface area (Å²) in [7, 11) is 0. The van der Waals surface area contributed by atoms with Crippen LogP contribution in [0, 0.1) is 12.8 Å². The van der Waals surface area contributed by atoms with Gasteiger partial charge in [-0.25, -0.2) is 4.79 Å². The monoisotopic (exact) mass is 235 g/mol. The van der Waals surface area contributed by atoms with Gasteiger partial charge in [0.15, 0.2) is 5.78 Å². The Morgan fingerprint density at radius 2 is 2.18 bits per heavy atom. The molecule has 1 heterocycles. The van der Waals surface area contributed by atoms with Crippen molar-refractivity contribution in [2.45, 2.75) is 33.6 Å². The van der Waals surface area contributed by atoms with E-state index < -0.39 is 0 Å². The Morgan fingerprint density at radius 1 is 1.47 bits per heavy atom. The minimum absolute atomic E-state index is 0.128. The van der Waals surface area contributed by atoms with Crippen molar-refractivity contribution in [3.05, 3.63) is 22.5 Å². The van der Waals surface area contributed by atoms with Crippen LogP contribution in [0.3, 0.4) is 0 Å². The molecule has 1 N–H and O–H groups in total. The zero-order valence-electron chi connectivity index (χ0n) is 10.4. The molecule has 4 heteroatoms. The van der Waals surface area contributed by atoms with E-state index in [4.69, 9.17) is 4.74 Å². The average molecular weight is 235 g/mol. The quantitative estimate of drug-likeness (QED) is 0.800. The highest BCUT2D eigenvalue weighted by atomic mass is 16.5. The number of carbonyl (C=O) groups excluding carboxylic acids is 2. The number of Topliss-reactive ketones (excluding diaryl/α,β-unsaturated/α-hetero) is 1. The van der Waals surface area contributed by atoms with Gasteiger partial charge in [-0.05, 0) is 31.7 Å². The topological polar surface area (TPSA) is 59.2 Å². The Balaban J connectivity index is 2.46. The number of nitrogens with one attached hydrogen (secondary N) is 1. The van der Waals surface area contributed by atoms with Gasteiger partial charge >= 0.3 is 5.97 Å². The Kier molecular flexibility index (Phi) is 3.05. The van der Waals surface area contributed by atoms with Gasteiger partial charge < -0.3 is 9.72 Å². The van der Waals surface area contributed by atoms with Gasteiger partial charge in [0.25, 0.3) is 0 Å². The van der Waals surface area contributed by atoms with Gasteiger partial charge in [-0.15, -0.1) is 0 Å². The molecule has 0 spiro atoms. The molecule has 1 atom stereocenters. The van der Waals surface area contributed by atoms with E-state index in [-0.39, 0.29) is 11.8 Å². The molecule has 0 bridgehead atoms. The smallest absolute Gasteiger partial charge is 0.355 e. The zero-order chi connectivity index (χ0) is 12.6. The van der Waals surface area contributed by atoms with Crippen molar-refractivity contribution in [2.24, 2.45) is 5.92 Å². The predicted octanol–water partition coefficient (Wildman–Crippen LogP) is 2.26. The van der Waals surface area contributed by atoms with E-state index in [2.05, 4.69) is 4.98 Å². The molecule has 4 nitrogen and oxygen atoms in total. The van der Waals surface area contributed by atoms with Gasteiger partial charge in [0.1, 0.15) is 5.69 Å². The fourth-order valence-corrected chi connectivity index (χ4v) is 2.48. The third-order valence-electron chi connectivity index (χ3n) is 3.14. The number of rotatable bonds is 2. The highest BCUT2D eigenvalue weighted by Crippen LogP contribution is 2.30. The lowest BCUT2D eigenvalue weighted by Gasteiger charge is -2.18. The van der Waals surface area contributed by atoms with Crippen LogP contribution in [0.2, 0.25) is 0 Å². The van der Waals surface area contributed by atoms with E-state index in [0.717, 1.165) is 17.7 Å². The van der Waals surface area contributed by atoms with E-state index in [1.807, 2.05) is 13.8 Å². The molecule has 0 saturated carbocycles. The molecule has 92 valence electrons. The van der Waals surface area contributed by atoms with Crippen molar-refractivity contribution in [1.82, 2.24) is 4.98 Å². The molecule has 1 unspecified atom stereocenters. The second kappa shape index (κ2) is 4.35. The number of hydrogen-bond acceptors (Lipinski definition) is 3. The summed E-state index contributed by atoms with van der Waals surface area (Å²) in [6, 6.07) is 0. The number of ether oxygens (including phenoxy) is 1. The number of H-pyrrole nitrogens is 1. The maximum absolute atomic E-state index is 11.9. The number of esters is 1. The highest BCUT2D eigenvalue weighted by Gasteiger charge is 2.30. The highest BCUT2D eigenvalue weighted by molar-refractivity contribution is 6.03. The van der Waals surface area contributed by atoms with E-state index in [9.17, 15) is 9.59 Å². The van der Waals surface area contributed by atoms with Crippen molar-refractivity contribution >= 4 is 11.8 Å². The lowest BCUT2D eigenvalue weighted by atomic mass is 9.84. The molecule has 17 heavy (non-hydrogen) atoms. The van der Waals surface area contributed by atoms with Crippen molar-refractivity contribution < 1.29 is 14.3 Å². The minimum Gasteiger partial charge on any atom is -0.461 e. The Morgan fingerprint density at radius 3 is 2.82 bits per heavy atom. The number of fused-ring (bicyclic) bond motifs is 1. The summed E-state index contributed by atoms with van der Waals surface area (Å²) in [5, 5.41) is 0. The Hall–Kier alpha value is -1.58. The first kappa shape index (κ1) is 11.9. The van der Waals surface area contributed by atoms with Gasteiger partial charge in [-0.2, -0.15) is 0 Å². The van der Waals surface area contributed by atoms with Crippen LogP contribution >= 0.6 is 0 Å². The summed E-state index contributed by atoms with van der Waals surface area (Å²) in [6.45, 7) is 5.97. The summed E-state index contributed by atoms with van der Waals surface area (Å²) in [4.78, 5) is 26.7. The molecule has 0 fully saturated rings. The van der Waals surface area contributed by atoms with E-state index in [0.29, 0.717) is 30.2 Å². The Labute approximate surface area is 100 Å². The van der Waals surface area contributed by atoms with Crippen molar-refractivity contribution in [3.63, 3.8) is 0 Å². The number of hydrogen-bond donors (Lipinski definition) is 1. The zero-order valence-corrected chi connectivity index (χ0v) is 10.4. The summed E-state index contributed by atoms with van der Waals surface area (Å²) in [5.74, 6) is 0.0557. The maximum Gasteiger partial charge on any atom is 0.355 e. The molecule has 1 aliphatic carbocycles. The van der Waals surface area contributed by atoms with Gasteiger partial charge in [0, 0.05) is 17.7 Å². The summed E-state index contributed by atoms with van der Waals surface area (Å²) >= 11 is 0. The van der Waals surface area contributed by atoms with Crippen LogP contribution < -0.4 is 0 Å². The number of ketones is 1. The number of aromatic amines is 1. The van der Waals surface area contributed by atoms with E-state index >= 15 is 0 Å². The second-order valence-corrected chi connectivity index (χ2v) is 4.64. The average Bonchev–Trinajstić information content (AvgIpc) is 2.56. The van der Waals surface area contributed by atoms with Crippen LogP contribution in [0.25, 0.3) is 0 Å². The van der Waals surface area contributed by atoms with Crippen LogP contribution in [-0.2, 0) is 11.2 Å². The molecule has 0 aliphatic heterocycles. The van der Waals surface area contributed by atoms with Gasteiger partial charge in [-0.1, -0.05) is 6.92 Å². The predicted molar refractivity (Wildman–Crippen MR) is 63.3 cm³/mol. The second-order valence-electron chi connectivity index (χ2n) is 4.64. The van der Waals surface area contributed by atoms with Crippen molar-refractivity contribution in [2.75, 3.05) is 6.61 Å². The van der Waals surface area contributed by atoms with Crippen LogP contribution in [0.5, 0.6) is 0 Å². The summed E-state index contributed by atoms with van der Waals surface area (Å²) in [6.07, 6.45) is 1.33. The molecule has 0 amide bonds. The summed E-state index contributed by atoms with van der Waals surface area (Å²) < 4.78 is 5.00. The Bertz CT molecular complexity index is 473. The van der Waals surface area contributed by atoms with Crippen LogP contribution in [0.4, 0.5) is 0 Å². The number of aryl methyl sites for hydroxylation is 1. The van der Waals surface area contributed by atoms with Gasteiger partial charge in [0.05, 0.1) is 6.61 Å². The minimum atomic E-state index is -0.362. The lowest BCUT2D eigenvalue weighted by molar-refractivity contribution is 0.0518. The third-order valence-corrected chi connectivity index (χ3v) is 3.14. The largest absolute Gasteiger partial charge is 0.461 e. The van der Waals surface area contributed by atoms with Crippen molar-refractivity contribution in [1.29, 1.82) is 0 Å². The maximum atomic E-state index is 11.9. The first-order valence-electron chi connectivity index (χ1n) is 5.96. The van der Waals surface area contributed by atoms with Crippen LogP contribution in [0.1, 0.15) is 52.4 Å². The lowest BCUT2D eigenvalue weighted by Crippen LogP contribution is -2.19. The molecule has 1 aromatic heterocycles. The summed E-state index contributed by atoms with van der Waals surface area (Å²) in [5.41, 5.74) is 2.77. The molecule has 0 aromatic carbocycles. The number of carbonyl (C=O) groups is 2. The van der Waals surface area contributed by atoms with E-state index in [1.165, 1.54) is 0 Å². The SMILES string of the molecule is CCOC(=O)c1[nH]c(C)c2c1CC(C)CC2=O. The van der Waals surface area contributed by atoms with Crippen LogP contribution in [-0.4, -0.2) is 23.3 Å². The fourth-order valence-electron chi connectivity index (χ4n) is 2.48. The van der Waals surface area contributed by atoms with E-state index in [1.54, 1.807) is 6.92 Å². The first-order valence-corrected chi connectivity index (χ1v) is 5.96.